The van der Waals surface area contributed by atoms with Gasteiger partial charge in [0.15, 0.2) is 15.6 Å². The lowest BCUT2D eigenvalue weighted by Gasteiger charge is -2.04. The summed E-state index contributed by atoms with van der Waals surface area (Å²) in [7, 11) is -3.90. The highest BCUT2D eigenvalue weighted by atomic mass is 32.2. The zero-order valence-electron chi connectivity index (χ0n) is 10.8. The number of carbonyl (C=O) groups excluding carboxylic acids is 1. The molecule has 0 N–H and O–H groups in total. The summed E-state index contributed by atoms with van der Waals surface area (Å²) >= 11 is 0. The van der Waals surface area contributed by atoms with Gasteiger partial charge in [-0.05, 0) is 30.3 Å². The smallest absolute Gasteiger partial charge is 0.185 e. The van der Waals surface area contributed by atoms with Gasteiger partial charge in [-0.25, -0.2) is 12.8 Å². The molecule has 106 valence electrons. The lowest BCUT2D eigenvalue weighted by molar-refractivity contribution is 0.102. The van der Waals surface area contributed by atoms with Crippen molar-refractivity contribution in [1.29, 1.82) is 5.26 Å². The van der Waals surface area contributed by atoms with Gasteiger partial charge >= 0.3 is 0 Å². The zero-order valence-corrected chi connectivity index (χ0v) is 11.6. The Kier molecular flexibility index (Phi) is 4.15. The maximum absolute atomic E-state index is 13.1. The quantitative estimate of drug-likeness (QED) is 0.813. The molecule has 2 rings (SSSR count). The fourth-order valence-corrected chi connectivity index (χ4v) is 2.99. The minimum Gasteiger partial charge on any atom is -0.293 e. The number of nitriles is 1. The number of ketones is 1. The second kappa shape index (κ2) is 5.85. The van der Waals surface area contributed by atoms with E-state index >= 15 is 0 Å². The molecule has 0 amide bonds. The molecule has 0 saturated carbocycles. The van der Waals surface area contributed by atoms with Crippen LogP contribution in [0.3, 0.4) is 0 Å². The minimum atomic E-state index is -3.90. The van der Waals surface area contributed by atoms with Crippen molar-refractivity contribution in [3.63, 3.8) is 0 Å². The van der Waals surface area contributed by atoms with Crippen molar-refractivity contribution in [2.75, 3.05) is 5.75 Å². The van der Waals surface area contributed by atoms with Crippen molar-refractivity contribution >= 4 is 15.6 Å². The summed E-state index contributed by atoms with van der Waals surface area (Å²) in [6.45, 7) is 0. The summed E-state index contributed by atoms with van der Waals surface area (Å²) in [4.78, 5) is 11.7. The van der Waals surface area contributed by atoms with Crippen LogP contribution in [-0.4, -0.2) is 20.0 Å². The number of Topliss-reactive ketones (excluding diaryl/α,β-unsaturated/α-hetero) is 1. The fraction of sp³-hybridized carbons (Fsp3) is 0.0667. The average molecular weight is 303 g/mol. The standard InChI is InChI=1S/C15H10FNO3S/c16-13-2-1-3-14(8-13)21(19,20)10-15(18)12-6-4-11(9-17)5-7-12/h1-8H,10H2. The van der Waals surface area contributed by atoms with Crippen molar-refractivity contribution in [1.82, 2.24) is 0 Å². The van der Waals surface area contributed by atoms with E-state index in [9.17, 15) is 17.6 Å². The number of nitrogens with zero attached hydrogens (tertiary/aromatic N) is 1. The Morgan fingerprint density at radius 3 is 2.38 bits per heavy atom. The van der Waals surface area contributed by atoms with Crippen molar-refractivity contribution in [3.8, 4) is 6.07 Å². The van der Waals surface area contributed by atoms with E-state index in [0.717, 1.165) is 12.1 Å². The monoisotopic (exact) mass is 303 g/mol. The molecule has 0 heterocycles. The molecule has 0 aromatic heterocycles. The van der Waals surface area contributed by atoms with Gasteiger partial charge in [0.1, 0.15) is 11.6 Å². The van der Waals surface area contributed by atoms with Gasteiger partial charge in [-0.3, -0.25) is 4.79 Å². The maximum Gasteiger partial charge on any atom is 0.185 e. The molecule has 0 fully saturated rings. The summed E-state index contributed by atoms with van der Waals surface area (Å²) in [5.74, 6) is -2.03. The SMILES string of the molecule is N#Cc1ccc(C(=O)CS(=O)(=O)c2cccc(F)c2)cc1. The van der Waals surface area contributed by atoms with Crippen molar-refractivity contribution in [3.05, 3.63) is 65.5 Å². The number of halogens is 1. The predicted octanol–water partition coefficient (Wildman–Crippen LogP) is 2.35. The van der Waals surface area contributed by atoms with Crippen molar-refractivity contribution < 1.29 is 17.6 Å². The van der Waals surface area contributed by atoms with E-state index in [1.165, 1.54) is 36.4 Å². The second-order valence-corrected chi connectivity index (χ2v) is 6.32. The van der Waals surface area contributed by atoms with Gasteiger partial charge in [0.25, 0.3) is 0 Å². The maximum atomic E-state index is 13.1. The van der Waals surface area contributed by atoms with E-state index in [2.05, 4.69) is 0 Å². The van der Waals surface area contributed by atoms with Gasteiger partial charge in [0.05, 0.1) is 16.5 Å². The summed E-state index contributed by atoms with van der Waals surface area (Å²) in [6.07, 6.45) is 0. The lowest BCUT2D eigenvalue weighted by atomic mass is 10.1. The van der Waals surface area contributed by atoms with Gasteiger partial charge in [-0.1, -0.05) is 18.2 Å². The third kappa shape index (κ3) is 3.52. The molecule has 0 saturated heterocycles. The molecule has 4 nitrogen and oxygen atoms in total. The molecule has 2 aromatic rings. The number of rotatable bonds is 4. The van der Waals surface area contributed by atoms with Crippen molar-refractivity contribution in [2.45, 2.75) is 4.90 Å². The number of hydrogen-bond donors (Lipinski definition) is 0. The first-order valence-electron chi connectivity index (χ1n) is 5.94. The normalized spacial score (nSPS) is 10.9. The van der Waals surface area contributed by atoms with Gasteiger partial charge < -0.3 is 0 Å². The molecule has 0 spiro atoms. The minimum absolute atomic E-state index is 0.189. The van der Waals surface area contributed by atoms with Crippen LogP contribution in [0.5, 0.6) is 0 Å². The van der Waals surface area contributed by atoms with Crippen LogP contribution in [0.15, 0.2) is 53.4 Å². The van der Waals surface area contributed by atoms with Crippen LogP contribution in [0.25, 0.3) is 0 Å². The summed E-state index contributed by atoms with van der Waals surface area (Å²) in [5.41, 5.74) is 0.563. The summed E-state index contributed by atoms with van der Waals surface area (Å²) in [5, 5.41) is 8.66. The van der Waals surface area contributed by atoms with Gasteiger partial charge in [-0.2, -0.15) is 5.26 Å². The van der Waals surface area contributed by atoms with Gasteiger partial charge in [-0.15, -0.1) is 0 Å². The molecular formula is C15H10FNO3S. The highest BCUT2D eigenvalue weighted by Crippen LogP contribution is 2.14. The molecule has 0 unspecified atom stereocenters. The first-order chi connectivity index (χ1) is 9.92. The highest BCUT2D eigenvalue weighted by Gasteiger charge is 2.20. The number of hydrogen-bond acceptors (Lipinski definition) is 4. The molecule has 21 heavy (non-hydrogen) atoms. The third-order valence-electron chi connectivity index (χ3n) is 2.81. The topological polar surface area (TPSA) is 75.0 Å². The van der Waals surface area contributed by atoms with E-state index in [0.29, 0.717) is 5.56 Å². The van der Waals surface area contributed by atoms with Gasteiger partial charge in [0, 0.05) is 5.56 Å². The van der Waals surface area contributed by atoms with Crippen LogP contribution < -0.4 is 0 Å². The third-order valence-corrected chi connectivity index (χ3v) is 4.43. The highest BCUT2D eigenvalue weighted by molar-refractivity contribution is 7.92. The van der Waals surface area contributed by atoms with Crippen LogP contribution in [0.4, 0.5) is 4.39 Å². The Balaban J connectivity index is 2.24. The molecule has 0 atom stereocenters. The first-order valence-corrected chi connectivity index (χ1v) is 7.59. The molecule has 0 aliphatic heterocycles. The van der Waals surface area contributed by atoms with E-state index in [1.54, 1.807) is 0 Å². The molecule has 0 bridgehead atoms. The predicted molar refractivity (Wildman–Crippen MR) is 73.9 cm³/mol. The zero-order chi connectivity index (χ0) is 15.5. The molecule has 6 heteroatoms. The Morgan fingerprint density at radius 1 is 1.14 bits per heavy atom. The van der Waals surface area contributed by atoms with Crippen LogP contribution >= 0.6 is 0 Å². The lowest BCUT2D eigenvalue weighted by Crippen LogP contribution is -2.16. The van der Waals surface area contributed by atoms with E-state index < -0.39 is 27.2 Å². The molecule has 0 radical (unpaired) electrons. The van der Waals surface area contributed by atoms with Gasteiger partial charge in [0.2, 0.25) is 0 Å². The summed E-state index contributed by atoms with van der Waals surface area (Å²) < 4.78 is 37.2. The van der Waals surface area contributed by atoms with Crippen LogP contribution in [0, 0.1) is 17.1 Å². The molecule has 2 aromatic carbocycles. The molecule has 0 aliphatic carbocycles. The first kappa shape index (κ1) is 14.9. The molecule has 0 aliphatic rings. The van der Waals surface area contributed by atoms with Crippen LogP contribution in [0.2, 0.25) is 0 Å². The van der Waals surface area contributed by atoms with E-state index in [1.807, 2.05) is 6.07 Å². The Morgan fingerprint density at radius 2 is 1.81 bits per heavy atom. The van der Waals surface area contributed by atoms with E-state index in [-0.39, 0.29) is 10.5 Å². The largest absolute Gasteiger partial charge is 0.293 e. The molecular weight excluding hydrogens is 293 g/mol. The average Bonchev–Trinajstić information content (AvgIpc) is 2.47. The second-order valence-electron chi connectivity index (χ2n) is 4.33. The number of benzene rings is 2. The number of carbonyl (C=O) groups is 1. The number of sulfone groups is 1. The Bertz CT molecular complexity index is 821. The Labute approximate surface area is 121 Å². The summed E-state index contributed by atoms with van der Waals surface area (Å²) in [6, 6.07) is 12.1. The van der Waals surface area contributed by atoms with Crippen LogP contribution in [0.1, 0.15) is 15.9 Å². The van der Waals surface area contributed by atoms with E-state index in [4.69, 9.17) is 5.26 Å². The Hall–Kier alpha value is -2.52. The van der Waals surface area contributed by atoms with Crippen molar-refractivity contribution in [2.24, 2.45) is 0 Å². The van der Waals surface area contributed by atoms with Crippen LogP contribution in [-0.2, 0) is 9.84 Å². The fourth-order valence-electron chi connectivity index (χ4n) is 1.73.